The number of aromatic nitrogens is 2. The van der Waals surface area contributed by atoms with Gasteiger partial charge in [-0.05, 0) is 6.92 Å². The number of nitrogens with two attached hydrogens (primary N) is 1. The number of rotatable bonds is 5. The molecule has 0 spiro atoms. The molecule has 0 aliphatic heterocycles. The van der Waals surface area contributed by atoms with Crippen molar-refractivity contribution < 1.29 is 4.74 Å². The second kappa shape index (κ2) is 5.35. The first-order valence-electron chi connectivity index (χ1n) is 4.81. The third-order valence-corrected chi connectivity index (χ3v) is 2.08. The fraction of sp³-hybridized carbons (Fsp3) is 0.556. The molecular weight excluding hydrogens is 196 g/mol. The lowest BCUT2D eigenvalue weighted by atomic mass is 10.4. The summed E-state index contributed by atoms with van der Waals surface area (Å²) in [5, 5.41) is 0. The van der Waals surface area contributed by atoms with Gasteiger partial charge in [-0.3, -0.25) is 4.79 Å². The number of nitrogens with one attached hydrogen (secondary N) is 1. The second-order valence-electron chi connectivity index (χ2n) is 2.96. The normalized spacial score (nSPS) is 10.1. The van der Waals surface area contributed by atoms with Gasteiger partial charge >= 0.3 is 0 Å². The van der Waals surface area contributed by atoms with Crippen LogP contribution in [0.15, 0.2) is 11.1 Å². The SMILES string of the molecule is CCN(CCN)c1nc[nH]c(=O)c1OC. The molecule has 0 bridgehead atoms. The van der Waals surface area contributed by atoms with Crippen molar-refractivity contribution in [2.24, 2.45) is 5.73 Å². The van der Waals surface area contributed by atoms with Crippen LogP contribution >= 0.6 is 0 Å². The molecule has 0 radical (unpaired) electrons. The molecular formula is C9H16N4O2. The first-order chi connectivity index (χ1) is 7.24. The van der Waals surface area contributed by atoms with Gasteiger partial charge < -0.3 is 20.4 Å². The Hall–Kier alpha value is -1.56. The topological polar surface area (TPSA) is 84.2 Å². The van der Waals surface area contributed by atoms with E-state index in [1.807, 2.05) is 11.8 Å². The highest BCUT2D eigenvalue weighted by molar-refractivity contribution is 5.50. The van der Waals surface area contributed by atoms with Crippen molar-refractivity contribution >= 4 is 5.82 Å². The molecule has 0 aliphatic rings. The van der Waals surface area contributed by atoms with Gasteiger partial charge in [-0.25, -0.2) is 4.98 Å². The van der Waals surface area contributed by atoms with Crippen molar-refractivity contribution in [3.63, 3.8) is 0 Å². The number of hydrogen-bond acceptors (Lipinski definition) is 5. The number of methoxy groups -OCH3 is 1. The number of ether oxygens (including phenoxy) is 1. The van der Waals surface area contributed by atoms with E-state index < -0.39 is 0 Å². The van der Waals surface area contributed by atoms with Gasteiger partial charge in [0.05, 0.1) is 13.4 Å². The second-order valence-corrected chi connectivity index (χ2v) is 2.96. The number of nitrogens with zero attached hydrogens (tertiary/aromatic N) is 2. The highest BCUT2D eigenvalue weighted by Crippen LogP contribution is 2.19. The van der Waals surface area contributed by atoms with E-state index in [-0.39, 0.29) is 11.3 Å². The number of hydrogen-bond donors (Lipinski definition) is 2. The van der Waals surface area contributed by atoms with Crippen LogP contribution in [-0.2, 0) is 0 Å². The number of likely N-dealkylation sites (N-methyl/N-ethyl adjacent to an activating group) is 1. The van der Waals surface area contributed by atoms with Gasteiger partial charge in [0.2, 0.25) is 5.75 Å². The molecule has 6 heteroatoms. The van der Waals surface area contributed by atoms with Crippen molar-refractivity contribution in [3.05, 3.63) is 16.7 Å². The maximum atomic E-state index is 11.4. The molecule has 84 valence electrons. The van der Waals surface area contributed by atoms with E-state index in [1.165, 1.54) is 13.4 Å². The van der Waals surface area contributed by atoms with Crippen LogP contribution in [0.3, 0.4) is 0 Å². The molecule has 0 aromatic carbocycles. The molecule has 6 nitrogen and oxygen atoms in total. The van der Waals surface area contributed by atoms with E-state index in [2.05, 4.69) is 9.97 Å². The van der Waals surface area contributed by atoms with E-state index in [9.17, 15) is 4.79 Å². The van der Waals surface area contributed by atoms with Crippen LogP contribution < -0.4 is 20.9 Å². The molecule has 0 amide bonds. The van der Waals surface area contributed by atoms with E-state index in [0.717, 1.165) is 6.54 Å². The van der Waals surface area contributed by atoms with Crippen molar-refractivity contribution in [3.8, 4) is 5.75 Å². The molecule has 0 aliphatic carbocycles. The number of aromatic amines is 1. The number of H-pyrrole nitrogens is 1. The van der Waals surface area contributed by atoms with E-state index in [4.69, 9.17) is 10.5 Å². The summed E-state index contributed by atoms with van der Waals surface area (Å²) in [4.78, 5) is 19.9. The van der Waals surface area contributed by atoms with Gasteiger partial charge in [-0.1, -0.05) is 0 Å². The Kier molecular flexibility index (Phi) is 4.11. The predicted molar refractivity (Wildman–Crippen MR) is 58.4 cm³/mol. The highest BCUT2D eigenvalue weighted by Gasteiger charge is 2.14. The molecule has 1 aromatic heterocycles. The van der Waals surface area contributed by atoms with Crippen LogP contribution in [0.2, 0.25) is 0 Å². The lowest BCUT2D eigenvalue weighted by Crippen LogP contribution is -2.31. The fourth-order valence-electron chi connectivity index (χ4n) is 1.36. The van der Waals surface area contributed by atoms with Gasteiger partial charge in [0.25, 0.3) is 5.56 Å². The van der Waals surface area contributed by atoms with Crippen molar-refractivity contribution in [1.82, 2.24) is 9.97 Å². The third-order valence-electron chi connectivity index (χ3n) is 2.08. The summed E-state index contributed by atoms with van der Waals surface area (Å²) in [6, 6.07) is 0. The van der Waals surface area contributed by atoms with E-state index >= 15 is 0 Å². The van der Waals surface area contributed by atoms with Crippen molar-refractivity contribution in [2.75, 3.05) is 31.6 Å². The van der Waals surface area contributed by atoms with Gasteiger partial charge in [0.15, 0.2) is 5.82 Å². The molecule has 0 atom stereocenters. The predicted octanol–water partition coefficient (Wildman–Crippen LogP) is -0.436. The molecule has 0 fully saturated rings. The average molecular weight is 212 g/mol. The Bertz CT molecular complexity index is 363. The van der Waals surface area contributed by atoms with Crippen molar-refractivity contribution in [2.45, 2.75) is 6.92 Å². The van der Waals surface area contributed by atoms with E-state index in [0.29, 0.717) is 18.9 Å². The Balaban J connectivity index is 3.10. The lowest BCUT2D eigenvalue weighted by molar-refractivity contribution is 0.405. The molecule has 3 N–H and O–H groups in total. The maximum absolute atomic E-state index is 11.4. The van der Waals surface area contributed by atoms with Crippen LogP contribution in [0.4, 0.5) is 5.82 Å². The first kappa shape index (κ1) is 11.5. The highest BCUT2D eigenvalue weighted by atomic mass is 16.5. The van der Waals surface area contributed by atoms with Gasteiger partial charge in [0.1, 0.15) is 0 Å². The van der Waals surface area contributed by atoms with Crippen LogP contribution in [0.5, 0.6) is 5.75 Å². The van der Waals surface area contributed by atoms with Crippen LogP contribution in [-0.4, -0.2) is 36.7 Å². The zero-order valence-corrected chi connectivity index (χ0v) is 8.99. The van der Waals surface area contributed by atoms with Gasteiger partial charge in [-0.2, -0.15) is 0 Å². The minimum absolute atomic E-state index is 0.229. The molecule has 0 saturated carbocycles. The standard InChI is InChI=1S/C9H16N4O2/c1-3-13(5-4-10)8-7(15-2)9(14)12-6-11-8/h6H,3-5,10H2,1-2H3,(H,11,12,14). The minimum atomic E-state index is -0.280. The van der Waals surface area contributed by atoms with Gasteiger partial charge in [0, 0.05) is 19.6 Å². The summed E-state index contributed by atoms with van der Waals surface area (Å²) in [7, 11) is 1.45. The summed E-state index contributed by atoms with van der Waals surface area (Å²) in [6.45, 7) is 3.84. The van der Waals surface area contributed by atoms with Crippen molar-refractivity contribution in [1.29, 1.82) is 0 Å². The summed E-state index contributed by atoms with van der Waals surface area (Å²) in [5.74, 6) is 0.766. The number of anilines is 1. The molecule has 0 unspecified atom stereocenters. The van der Waals surface area contributed by atoms with Crippen LogP contribution in [0.25, 0.3) is 0 Å². The maximum Gasteiger partial charge on any atom is 0.295 e. The van der Waals surface area contributed by atoms with E-state index in [1.54, 1.807) is 0 Å². The Morgan fingerprint density at radius 1 is 1.67 bits per heavy atom. The Labute approximate surface area is 88.1 Å². The summed E-state index contributed by atoms with van der Waals surface area (Å²) in [6.07, 6.45) is 1.36. The fourth-order valence-corrected chi connectivity index (χ4v) is 1.36. The summed E-state index contributed by atoms with van der Waals surface area (Å²) in [5.41, 5.74) is 5.20. The quantitative estimate of drug-likeness (QED) is 0.691. The Morgan fingerprint density at radius 3 is 2.93 bits per heavy atom. The smallest absolute Gasteiger partial charge is 0.295 e. The molecule has 1 rings (SSSR count). The zero-order chi connectivity index (χ0) is 11.3. The lowest BCUT2D eigenvalue weighted by Gasteiger charge is -2.21. The summed E-state index contributed by atoms with van der Waals surface area (Å²) < 4.78 is 5.02. The summed E-state index contributed by atoms with van der Waals surface area (Å²) >= 11 is 0. The van der Waals surface area contributed by atoms with Gasteiger partial charge in [-0.15, -0.1) is 0 Å². The zero-order valence-electron chi connectivity index (χ0n) is 8.99. The third kappa shape index (κ3) is 2.47. The Morgan fingerprint density at radius 2 is 2.40 bits per heavy atom. The monoisotopic (exact) mass is 212 g/mol. The molecule has 0 saturated heterocycles. The first-order valence-corrected chi connectivity index (χ1v) is 4.81. The van der Waals surface area contributed by atoms with Crippen LogP contribution in [0.1, 0.15) is 6.92 Å². The molecule has 15 heavy (non-hydrogen) atoms. The molecule has 1 aromatic rings. The minimum Gasteiger partial charge on any atom is -0.489 e. The average Bonchev–Trinajstić information content (AvgIpc) is 2.25. The van der Waals surface area contributed by atoms with Crippen LogP contribution in [0, 0.1) is 0 Å². The largest absolute Gasteiger partial charge is 0.489 e. The molecule has 1 heterocycles.